The molecule has 1 heterocycles. The maximum absolute atomic E-state index is 12.4. The average Bonchev–Trinajstić information content (AvgIpc) is 3.10. The largest absolute Gasteiger partial charge is 0.321 e. The molecule has 1 aromatic heterocycles. The smallest absolute Gasteiger partial charge is 0.259 e. The van der Waals surface area contributed by atoms with Crippen LogP contribution in [0.15, 0.2) is 66.0 Å². The lowest BCUT2D eigenvalue weighted by Gasteiger charge is -2.10. The normalized spacial score (nSPS) is 10.1. The number of para-hydroxylation sites is 1. The van der Waals surface area contributed by atoms with Crippen molar-refractivity contribution in [2.75, 3.05) is 10.6 Å². The van der Waals surface area contributed by atoms with Gasteiger partial charge in [0.1, 0.15) is 0 Å². The van der Waals surface area contributed by atoms with Crippen molar-refractivity contribution < 1.29 is 9.59 Å². The van der Waals surface area contributed by atoms with Crippen LogP contribution in [-0.4, -0.2) is 16.8 Å². The van der Waals surface area contributed by atoms with Crippen LogP contribution < -0.4 is 10.6 Å². The number of nitroso groups, excluding NO2 is 1. The van der Waals surface area contributed by atoms with Gasteiger partial charge < -0.3 is 5.32 Å². The average molecular weight is 352 g/mol. The van der Waals surface area contributed by atoms with E-state index in [-0.39, 0.29) is 21.6 Å². The highest BCUT2D eigenvalue weighted by Gasteiger charge is 2.15. The van der Waals surface area contributed by atoms with E-state index < -0.39 is 5.91 Å². The number of carbonyl (C=O) groups excluding carboxylic acids is 2. The van der Waals surface area contributed by atoms with Gasteiger partial charge in [0.2, 0.25) is 0 Å². The number of nitrogens with one attached hydrogen (secondary N) is 2. The molecule has 2 N–H and O–H groups in total. The van der Waals surface area contributed by atoms with Gasteiger partial charge in [-0.15, -0.1) is 4.91 Å². The minimum absolute atomic E-state index is 0.168. The molecule has 0 bridgehead atoms. The summed E-state index contributed by atoms with van der Waals surface area (Å²) < 4.78 is 0. The Hall–Kier alpha value is -3.39. The van der Waals surface area contributed by atoms with E-state index in [1.165, 1.54) is 6.20 Å². The quantitative estimate of drug-likeness (QED) is 0.677. The molecule has 7 nitrogen and oxygen atoms in total. The molecule has 0 atom stereocenters. The van der Waals surface area contributed by atoms with E-state index in [1.807, 2.05) is 6.07 Å². The molecular formula is C17H12N4O3S. The molecule has 0 aliphatic rings. The van der Waals surface area contributed by atoms with Gasteiger partial charge in [0.25, 0.3) is 11.8 Å². The molecule has 8 heteroatoms. The van der Waals surface area contributed by atoms with E-state index in [0.717, 1.165) is 11.3 Å². The van der Waals surface area contributed by atoms with Gasteiger partial charge in [0.15, 0.2) is 10.1 Å². The summed E-state index contributed by atoms with van der Waals surface area (Å²) in [5, 5.41) is 8.49. The molecule has 0 radical (unpaired) electrons. The summed E-state index contributed by atoms with van der Waals surface area (Å²) in [6.45, 7) is 0. The number of rotatable bonds is 5. The zero-order valence-corrected chi connectivity index (χ0v) is 13.6. The predicted octanol–water partition coefficient (Wildman–Crippen LogP) is 4.05. The van der Waals surface area contributed by atoms with Crippen molar-refractivity contribution >= 4 is 39.0 Å². The van der Waals surface area contributed by atoms with Gasteiger partial charge in [-0.3, -0.25) is 14.9 Å². The highest BCUT2D eigenvalue weighted by Crippen LogP contribution is 2.26. The van der Waals surface area contributed by atoms with E-state index in [4.69, 9.17) is 0 Å². The summed E-state index contributed by atoms with van der Waals surface area (Å²) in [4.78, 5) is 39.1. The monoisotopic (exact) mass is 352 g/mol. The Morgan fingerprint density at radius 3 is 2.36 bits per heavy atom. The first-order valence-electron chi connectivity index (χ1n) is 7.23. The first-order chi connectivity index (χ1) is 12.2. The summed E-state index contributed by atoms with van der Waals surface area (Å²) in [5.41, 5.74) is 1.14. The van der Waals surface area contributed by atoms with Crippen molar-refractivity contribution in [2.45, 2.75) is 0 Å². The second-order valence-corrected chi connectivity index (χ2v) is 5.92. The minimum Gasteiger partial charge on any atom is -0.321 e. The first kappa shape index (κ1) is 16.5. The maximum atomic E-state index is 12.4. The fourth-order valence-corrected chi connectivity index (χ4v) is 2.69. The maximum Gasteiger partial charge on any atom is 0.259 e. The lowest BCUT2D eigenvalue weighted by molar-refractivity contribution is 0.102. The van der Waals surface area contributed by atoms with Gasteiger partial charge in [-0.1, -0.05) is 41.7 Å². The number of aromatic nitrogens is 1. The molecule has 0 aliphatic carbocycles. The van der Waals surface area contributed by atoms with E-state index in [9.17, 15) is 14.5 Å². The number of carbonyl (C=O) groups is 2. The van der Waals surface area contributed by atoms with Crippen molar-refractivity contribution in [3.63, 3.8) is 0 Å². The number of benzene rings is 2. The predicted molar refractivity (Wildman–Crippen MR) is 96.4 cm³/mol. The first-order valence-corrected chi connectivity index (χ1v) is 8.05. The van der Waals surface area contributed by atoms with Crippen LogP contribution in [0.2, 0.25) is 0 Å². The molecule has 124 valence electrons. The van der Waals surface area contributed by atoms with Crippen molar-refractivity contribution in [1.82, 2.24) is 4.98 Å². The van der Waals surface area contributed by atoms with E-state index in [1.54, 1.807) is 48.5 Å². The van der Waals surface area contributed by atoms with Crippen molar-refractivity contribution in [2.24, 2.45) is 5.18 Å². The third kappa shape index (κ3) is 3.93. The molecular weight excluding hydrogens is 340 g/mol. The van der Waals surface area contributed by atoms with Crippen LogP contribution in [0.1, 0.15) is 20.7 Å². The van der Waals surface area contributed by atoms with E-state index in [0.29, 0.717) is 11.3 Å². The Balaban J connectivity index is 1.79. The second-order valence-electron chi connectivity index (χ2n) is 4.91. The molecule has 0 saturated heterocycles. The fourth-order valence-electron chi connectivity index (χ4n) is 2.10. The molecule has 0 saturated carbocycles. The summed E-state index contributed by atoms with van der Waals surface area (Å²) in [6.07, 6.45) is 1.27. The van der Waals surface area contributed by atoms with Gasteiger partial charge in [0, 0.05) is 5.56 Å². The van der Waals surface area contributed by atoms with Gasteiger partial charge in [-0.05, 0) is 29.4 Å². The Morgan fingerprint density at radius 1 is 0.920 bits per heavy atom. The molecule has 0 aliphatic heterocycles. The van der Waals surface area contributed by atoms with Crippen molar-refractivity contribution in [3.05, 3.63) is 76.8 Å². The third-order valence-electron chi connectivity index (χ3n) is 3.26. The Morgan fingerprint density at radius 2 is 1.64 bits per heavy atom. The van der Waals surface area contributed by atoms with Crippen molar-refractivity contribution in [1.29, 1.82) is 0 Å². The summed E-state index contributed by atoms with van der Waals surface area (Å²) >= 11 is 0.963. The summed E-state index contributed by atoms with van der Waals surface area (Å²) in [5.74, 6) is -0.765. The number of amides is 2. The molecule has 2 amide bonds. The van der Waals surface area contributed by atoms with Gasteiger partial charge in [-0.25, -0.2) is 4.98 Å². The summed E-state index contributed by atoms with van der Waals surface area (Å²) in [6, 6.07) is 15.3. The van der Waals surface area contributed by atoms with E-state index in [2.05, 4.69) is 20.8 Å². The molecule has 3 aromatic rings. The highest BCUT2D eigenvalue weighted by atomic mass is 32.1. The second kappa shape index (κ2) is 7.45. The van der Waals surface area contributed by atoms with Gasteiger partial charge in [-0.2, -0.15) is 0 Å². The van der Waals surface area contributed by atoms with Gasteiger partial charge >= 0.3 is 0 Å². The minimum atomic E-state index is -0.448. The number of nitrogens with zero attached hydrogens (tertiary/aromatic N) is 2. The lowest BCUT2D eigenvalue weighted by atomic mass is 10.1. The molecule has 0 spiro atoms. The number of hydrogen-bond acceptors (Lipinski definition) is 6. The third-order valence-corrected chi connectivity index (χ3v) is 4.05. The van der Waals surface area contributed by atoms with Gasteiger partial charge in [0.05, 0.1) is 17.4 Å². The Kier molecular flexibility index (Phi) is 4.91. The van der Waals surface area contributed by atoms with Crippen LogP contribution in [0.3, 0.4) is 0 Å². The van der Waals surface area contributed by atoms with Crippen LogP contribution in [0.4, 0.5) is 15.8 Å². The standard InChI is InChI=1S/C17H12N4O3S/c22-15(11-6-2-1-3-7-11)19-13-9-5-4-8-12(13)16(23)20-17-18-10-14(21-24)25-17/h1-10H,(H,19,22)(H,18,20,23). The zero-order valence-electron chi connectivity index (χ0n) is 12.8. The molecule has 0 unspecified atom stereocenters. The summed E-state index contributed by atoms with van der Waals surface area (Å²) in [7, 11) is 0. The van der Waals surface area contributed by atoms with Crippen molar-refractivity contribution in [3.8, 4) is 0 Å². The lowest BCUT2D eigenvalue weighted by Crippen LogP contribution is -2.18. The molecule has 25 heavy (non-hydrogen) atoms. The zero-order chi connectivity index (χ0) is 17.6. The Labute approximate surface area is 146 Å². The highest BCUT2D eigenvalue weighted by molar-refractivity contribution is 7.19. The van der Waals surface area contributed by atoms with E-state index >= 15 is 0 Å². The Bertz CT molecular complexity index is 924. The fraction of sp³-hybridized carbons (Fsp3) is 0. The number of hydrogen-bond donors (Lipinski definition) is 2. The number of thiazole rings is 1. The molecule has 2 aromatic carbocycles. The molecule has 3 rings (SSSR count). The SMILES string of the molecule is O=Nc1cnc(NC(=O)c2ccccc2NC(=O)c2ccccc2)s1. The topological polar surface area (TPSA) is 101 Å². The number of anilines is 2. The van der Waals surface area contributed by atoms with Crippen LogP contribution in [-0.2, 0) is 0 Å². The van der Waals surface area contributed by atoms with Crippen LogP contribution in [0, 0.1) is 4.91 Å². The van der Waals surface area contributed by atoms with Crippen LogP contribution in [0.25, 0.3) is 0 Å². The molecule has 0 fully saturated rings. The van der Waals surface area contributed by atoms with Crippen LogP contribution >= 0.6 is 11.3 Å². The van der Waals surface area contributed by atoms with Crippen LogP contribution in [0.5, 0.6) is 0 Å².